The molecule has 2 heterocycles. The lowest BCUT2D eigenvalue weighted by atomic mass is 9.97. The van der Waals surface area contributed by atoms with Crippen molar-refractivity contribution in [3.8, 4) is 17.1 Å². The van der Waals surface area contributed by atoms with Crippen LogP contribution in [0.1, 0.15) is 37.5 Å². The number of nitrogens with zero attached hydrogens (tertiary/aromatic N) is 3. The predicted octanol–water partition coefficient (Wildman–Crippen LogP) is 2.86. The number of carbonyl (C=O) groups excluding carboxylic acids is 1. The zero-order chi connectivity index (χ0) is 16.5. The van der Waals surface area contributed by atoms with E-state index in [1.165, 1.54) is 0 Å². The smallest absolute Gasteiger partial charge is 0.231 e. The van der Waals surface area contributed by atoms with Gasteiger partial charge in [-0.1, -0.05) is 5.16 Å². The van der Waals surface area contributed by atoms with Gasteiger partial charge in [-0.25, -0.2) is 0 Å². The highest BCUT2D eigenvalue weighted by Gasteiger charge is 2.36. The van der Waals surface area contributed by atoms with E-state index in [0.29, 0.717) is 24.2 Å². The fourth-order valence-electron chi connectivity index (χ4n) is 3.23. The zero-order valence-electron chi connectivity index (χ0n) is 13.8. The Morgan fingerprint density at radius 2 is 2.04 bits per heavy atom. The van der Waals surface area contributed by atoms with Crippen LogP contribution in [0.4, 0.5) is 0 Å². The maximum atomic E-state index is 12.3. The number of carbonyl (C=O) groups is 1. The molecule has 1 aliphatic carbocycles. The second kappa shape index (κ2) is 6.26. The number of rotatable bonds is 4. The van der Waals surface area contributed by atoms with Gasteiger partial charge >= 0.3 is 0 Å². The summed E-state index contributed by atoms with van der Waals surface area (Å²) in [4.78, 5) is 18.8. The van der Waals surface area contributed by atoms with Crippen LogP contribution in [0.25, 0.3) is 11.4 Å². The summed E-state index contributed by atoms with van der Waals surface area (Å²) in [6, 6.07) is 7.58. The van der Waals surface area contributed by atoms with Crippen LogP contribution in [0.15, 0.2) is 28.8 Å². The van der Waals surface area contributed by atoms with Crippen molar-refractivity contribution in [1.82, 2.24) is 15.0 Å². The standard InChI is InChI=1S/C18H21N3O3/c1-23-15-8-6-12(7-9-15)16-19-17(24-20-16)14-3-2-10-21(11-14)18(22)13-4-5-13/h6-9,13-14H,2-5,10-11H2,1H3. The van der Waals surface area contributed by atoms with Crippen LogP contribution in [-0.2, 0) is 4.79 Å². The molecule has 2 aliphatic rings. The Hall–Kier alpha value is -2.37. The highest BCUT2D eigenvalue weighted by molar-refractivity contribution is 5.81. The molecule has 0 radical (unpaired) electrons. The van der Waals surface area contributed by atoms with Gasteiger partial charge in [0.2, 0.25) is 17.6 Å². The number of likely N-dealkylation sites (tertiary alicyclic amines) is 1. The van der Waals surface area contributed by atoms with Crippen LogP contribution in [0.2, 0.25) is 0 Å². The summed E-state index contributed by atoms with van der Waals surface area (Å²) in [7, 11) is 1.64. The minimum absolute atomic E-state index is 0.140. The van der Waals surface area contributed by atoms with E-state index in [0.717, 1.165) is 43.5 Å². The Bertz CT molecular complexity index is 721. The van der Waals surface area contributed by atoms with Crippen molar-refractivity contribution in [3.05, 3.63) is 30.2 Å². The van der Waals surface area contributed by atoms with Crippen molar-refractivity contribution in [2.24, 2.45) is 5.92 Å². The van der Waals surface area contributed by atoms with E-state index >= 15 is 0 Å². The lowest BCUT2D eigenvalue weighted by molar-refractivity contribution is -0.133. The van der Waals surface area contributed by atoms with Gasteiger partial charge in [0.15, 0.2) is 0 Å². The summed E-state index contributed by atoms with van der Waals surface area (Å²) in [5.41, 5.74) is 0.896. The van der Waals surface area contributed by atoms with Crippen LogP contribution in [0.5, 0.6) is 5.75 Å². The first-order chi connectivity index (χ1) is 11.7. The Morgan fingerprint density at radius 3 is 2.75 bits per heavy atom. The summed E-state index contributed by atoms with van der Waals surface area (Å²) in [5.74, 6) is 2.72. The normalized spacial score (nSPS) is 20.9. The number of piperidine rings is 1. The largest absolute Gasteiger partial charge is 0.497 e. The maximum Gasteiger partial charge on any atom is 0.231 e. The molecular formula is C18H21N3O3. The van der Waals surface area contributed by atoms with E-state index in [-0.39, 0.29) is 11.8 Å². The molecule has 0 N–H and O–H groups in total. The molecule has 1 unspecified atom stereocenters. The van der Waals surface area contributed by atoms with Gasteiger partial charge in [0.25, 0.3) is 0 Å². The molecule has 2 fully saturated rings. The van der Waals surface area contributed by atoms with Gasteiger partial charge < -0.3 is 14.2 Å². The van der Waals surface area contributed by atoms with E-state index < -0.39 is 0 Å². The number of aromatic nitrogens is 2. The van der Waals surface area contributed by atoms with E-state index in [4.69, 9.17) is 9.26 Å². The molecule has 1 aromatic carbocycles. The number of benzene rings is 1. The quantitative estimate of drug-likeness (QED) is 0.864. The van der Waals surface area contributed by atoms with Crippen LogP contribution in [0, 0.1) is 5.92 Å². The number of hydrogen-bond acceptors (Lipinski definition) is 5. The summed E-state index contributed by atoms with van der Waals surface area (Å²) in [5, 5.41) is 4.10. The minimum Gasteiger partial charge on any atom is -0.497 e. The van der Waals surface area contributed by atoms with E-state index in [2.05, 4.69) is 10.1 Å². The van der Waals surface area contributed by atoms with E-state index in [9.17, 15) is 4.79 Å². The maximum absolute atomic E-state index is 12.3. The SMILES string of the molecule is COc1ccc(-c2noc(C3CCCN(C(=O)C4CC4)C3)n2)cc1. The van der Waals surface area contributed by atoms with Crippen LogP contribution in [0.3, 0.4) is 0 Å². The van der Waals surface area contributed by atoms with Crippen molar-refractivity contribution in [3.63, 3.8) is 0 Å². The fourth-order valence-corrected chi connectivity index (χ4v) is 3.23. The van der Waals surface area contributed by atoms with Crippen molar-refractivity contribution in [1.29, 1.82) is 0 Å². The van der Waals surface area contributed by atoms with Crippen LogP contribution in [-0.4, -0.2) is 41.1 Å². The molecule has 1 saturated carbocycles. The zero-order valence-corrected chi connectivity index (χ0v) is 13.8. The highest BCUT2D eigenvalue weighted by Crippen LogP contribution is 2.34. The molecular weight excluding hydrogens is 306 g/mol. The van der Waals surface area contributed by atoms with E-state index in [1.807, 2.05) is 29.2 Å². The summed E-state index contributed by atoms with van der Waals surface area (Å²) in [6.07, 6.45) is 4.06. The summed E-state index contributed by atoms with van der Waals surface area (Å²) < 4.78 is 10.7. The third-order valence-corrected chi connectivity index (χ3v) is 4.80. The van der Waals surface area contributed by atoms with Gasteiger partial charge in [-0.3, -0.25) is 4.79 Å². The summed E-state index contributed by atoms with van der Waals surface area (Å²) >= 11 is 0. The van der Waals surface area contributed by atoms with Crippen LogP contribution >= 0.6 is 0 Å². The fraction of sp³-hybridized carbons (Fsp3) is 0.500. The van der Waals surface area contributed by atoms with Crippen molar-refractivity contribution < 1.29 is 14.1 Å². The average molecular weight is 327 g/mol. The molecule has 2 aromatic rings. The van der Waals surface area contributed by atoms with Gasteiger partial charge in [-0.05, 0) is 49.9 Å². The third-order valence-electron chi connectivity index (χ3n) is 4.80. The van der Waals surface area contributed by atoms with Gasteiger partial charge in [0.05, 0.1) is 13.0 Å². The lowest BCUT2D eigenvalue weighted by Gasteiger charge is -2.31. The Labute approximate surface area is 140 Å². The number of amides is 1. The second-order valence-electron chi connectivity index (χ2n) is 6.58. The molecule has 0 spiro atoms. The average Bonchev–Trinajstić information content (AvgIpc) is 3.38. The second-order valence-corrected chi connectivity index (χ2v) is 6.58. The van der Waals surface area contributed by atoms with Gasteiger partial charge in [0.1, 0.15) is 5.75 Å². The molecule has 1 aromatic heterocycles. The molecule has 6 heteroatoms. The van der Waals surface area contributed by atoms with Crippen molar-refractivity contribution in [2.75, 3.05) is 20.2 Å². The molecule has 1 amide bonds. The first kappa shape index (κ1) is 15.2. The van der Waals surface area contributed by atoms with Gasteiger partial charge in [-0.15, -0.1) is 0 Å². The van der Waals surface area contributed by atoms with Crippen LogP contribution < -0.4 is 4.74 Å². The first-order valence-corrected chi connectivity index (χ1v) is 8.51. The van der Waals surface area contributed by atoms with Crippen molar-refractivity contribution >= 4 is 5.91 Å². The van der Waals surface area contributed by atoms with Crippen molar-refractivity contribution in [2.45, 2.75) is 31.6 Å². The molecule has 126 valence electrons. The number of hydrogen-bond donors (Lipinski definition) is 0. The molecule has 4 rings (SSSR count). The monoisotopic (exact) mass is 327 g/mol. The minimum atomic E-state index is 0.140. The molecule has 0 bridgehead atoms. The number of ether oxygens (including phenoxy) is 1. The van der Waals surface area contributed by atoms with E-state index in [1.54, 1.807) is 7.11 Å². The topological polar surface area (TPSA) is 68.5 Å². The molecule has 1 atom stereocenters. The lowest BCUT2D eigenvalue weighted by Crippen LogP contribution is -2.40. The third kappa shape index (κ3) is 3.00. The Kier molecular flexibility index (Phi) is 3.96. The molecule has 1 aliphatic heterocycles. The predicted molar refractivity (Wildman–Crippen MR) is 87.6 cm³/mol. The summed E-state index contributed by atoms with van der Waals surface area (Å²) in [6.45, 7) is 1.55. The van der Waals surface area contributed by atoms with Gasteiger partial charge in [-0.2, -0.15) is 4.98 Å². The molecule has 6 nitrogen and oxygen atoms in total. The molecule has 1 saturated heterocycles. The first-order valence-electron chi connectivity index (χ1n) is 8.51. The Balaban J connectivity index is 1.48. The molecule has 24 heavy (non-hydrogen) atoms. The Morgan fingerprint density at radius 1 is 1.25 bits per heavy atom. The van der Waals surface area contributed by atoms with Gasteiger partial charge in [0, 0.05) is 24.6 Å². The highest BCUT2D eigenvalue weighted by atomic mass is 16.5. The number of methoxy groups -OCH3 is 1.